The lowest BCUT2D eigenvalue weighted by molar-refractivity contribution is 0.127. The van der Waals surface area contributed by atoms with Gasteiger partial charge < -0.3 is 31.9 Å². The molecule has 0 bridgehead atoms. The Balaban J connectivity index is 0. The molecule has 1 aliphatic rings. The summed E-state index contributed by atoms with van der Waals surface area (Å²) >= 11 is 0. The van der Waals surface area contributed by atoms with Crippen LogP contribution in [-0.4, -0.2) is 147 Å². The van der Waals surface area contributed by atoms with Gasteiger partial charge in [-0.2, -0.15) is 16.8 Å². The summed E-state index contributed by atoms with van der Waals surface area (Å²) in [5, 5.41) is 21.3. The van der Waals surface area contributed by atoms with Crippen LogP contribution in [0.1, 0.15) is 78.1 Å². The second-order valence-corrected chi connectivity index (χ2v) is 14.4. The molecule has 0 atom stereocenters. The van der Waals surface area contributed by atoms with Gasteiger partial charge in [0.2, 0.25) is 0 Å². The number of carbonyl (C=O) groups excluding carboxylic acids is 2. The molecule has 0 saturated carbocycles. The van der Waals surface area contributed by atoms with Gasteiger partial charge in [0.05, 0.1) is 12.5 Å². The van der Waals surface area contributed by atoms with Crippen molar-refractivity contribution in [3.8, 4) is 0 Å². The SMILES string of the molecule is CCCCCCNC(=O)N(CCCN1CCN(CCCN(C(=N)N)C(=O)NCCCCCC)CC1)C(=N)N.CS(=O)(=O)O.CS(=O)(=O)O. The van der Waals surface area contributed by atoms with E-state index in [1.807, 2.05) is 0 Å². The van der Waals surface area contributed by atoms with E-state index in [0.717, 1.165) is 103 Å². The fourth-order valence-electron chi connectivity index (χ4n) is 4.49. The molecule has 1 rings (SSSR count). The number of nitrogens with one attached hydrogen (secondary N) is 4. The maximum absolute atomic E-state index is 12.4. The second kappa shape index (κ2) is 27.1. The summed E-state index contributed by atoms with van der Waals surface area (Å²) in [5.41, 5.74) is 11.3. The third kappa shape index (κ3) is 31.8. The molecule has 0 aromatic rings. The van der Waals surface area contributed by atoms with Gasteiger partial charge in [-0.1, -0.05) is 52.4 Å². The zero-order valence-corrected chi connectivity index (χ0v) is 30.9. The highest BCUT2D eigenvalue weighted by Gasteiger charge is 2.20. The van der Waals surface area contributed by atoms with Crippen LogP contribution >= 0.6 is 0 Å². The van der Waals surface area contributed by atoms with Gasteiger partial charge in [-0.25, -0.2) is 9.59 Å². The van der Waals surface area contributed by atoms with Crippen molar-refractivity contribution in [2.75, 3.05) is 78.0 Å². The van der Waals surface area contributed by atoms with E-state index in [4.69, 9.17) is 31.4 Å². The van der Waals surface area contributed by atoms with Crippen molar-refractivity contribution in [1.29, 1.82) is 10.8 Å². The lowest BCUT2D eigenvalue weighted by Crippen LogP contribution is -2.50. The first-order chi connectivity index (χ1) is 22.3. The average Bonchev–Trinajstić information content (AvgIpc) is 2.95. The van der Waals surface area contributed by atoms with Crippen molar-refractivity contribution in [2.45, 2.75) is 78.1 Å². The lowest BCUT2D eigenvalue weighted by Gasteiger charge is -2.35. The number of rotatable bonds is 18. The highest BCUT2D eigenvalue weighted by molar-refractivity contribution is 7.85. The summed E-state index contributed by atoms with van der Waals surface area (Å²) in [7, 11) is -7.33. The van der Waals surface area contributed by atoms with E-state index >= 15 is 0 Å². The van der Waals surface area contributed by atoms with Crippen molar-refractivity contribution in [3.63, 3.8) is 0 Å². The van der Waals surface area contributed by atoms with Gasteiger partial charge in [0.1, 0.15) is 0 Å². The zero-order chi connectivity index (χ0) is 37.2. The van der Waals surface area contributed by atoms with Crippen LogP contribution in [0, 0.1) is 10.8 Å². The van der Waals surface area contributed by atoms with Crippen molar-refractivity contribution in [3.05, 3.63) is 0 Å². The highest BCUT2D eigenvalue weighted by Crippen LogP contribution is 2.06. The number of piperazine rings is 1. The molecule has 0 radical (unpaired) electrons. The third-order valence-corrected chi connectivity index (χ3v) is 6.86. The molecule has 1 fully saturated rings. The average molecular weight is 731 g/mol. The molecule has 0 unspecified atom stereocenters. The van der Waals surface area contributed by atoms with Crippen molar-refractivity contribution >= 4 is 44.2 Å². The van der Waals surface area contributed by atoms with Crippen LogP contribution in [0.25, 0.3) is 0 Å². The summed E-state index contributed by atoms with van der Waals surface area (Å²) in [6.45, 7) is 11.8. The van der Waals surface area contributed by atoms with Gasteiger partial charge in [-0.3, -0.25) is 29.7 Å². The van der Waals surface area contributed by atoms with Crippen LogP contribution in [0.4, 0.5) is 9.59 Å². The van der Waals surface area contributed by atoms with Gasteiger partial charge in [-0.05, 0) is 38.8 Å². The van der Waals surface area contributed by atoms with Crippen LogP contribution in [0.5, 0.6) is 0 Å². The van der Waals surface area contributed by atoms with Crippen LogP contribution < -0.4 is 22.1 Å². The fourth-order valence-corrected chi connectivity index (χ4v) is 4.49. The van der Waals surface area contributed by atoms with E-state index in [2.05, 4.69) is 34.3 Å². The predicted molar refractivity (Wildman–Crippen MR) is 189 cm³/mol. The zero-order valence-electron chi connectivity index (χ0n) is 29.2. The molecule has 0 aromatic carbocycles. The van der Waals surface area contributed by atoms with E-state index in [1.54, 1.807) is 0 Å². The van der Waals surface area contributed by atoms with Gasteiger partial charge in [0.25, 0.3) is 20.2 Å². The molecule has 4 amide bonds. The Hall–Kier alpha value is -2.78. The van der Waals surface area contributed by atoms with Gasteiger partial charge in [0, 0.05) is 52.4 Å². The first-order valence-electron chi connectivity index (χ1n) is 16.4. The second-order valence-electron chi connectivity index (χ2n) is 11.5. The summed E-state index contributed by atoms with van der Waals surface area (Å²) < 4.78 is 51.7. The molecular weight excluding hydrogens is 669 g/mol. The summed E-state index contributed by atoms with van der Waals surface area (Å²) in [4.78, 5) is 32.1. The minimum absolute atomic E-state index is 0.217. The first-order valence-corrected chi connectivity index (χ1v) is 20.1. The quantitative estimate of drug-likeness (QED) is 0.0430. The maximum atomic E-state index is 12.4. The number of guanidine groups is 2. The molecule has 18 nitrogen and oxygen atoms in total. The molecule has 0 aliphatic carbocycles. The van der Waals surface area contributed by atoms with E-state index < -0.39 is 20.2 Å². The van der Waals surface area contributed by atoms with Crippen LogP contribution in [0.3, 0.4) is 0 Å². The summed E-state index contributed by atoms with van der Waals surface area (Å²) in [5.74, 6) is -0.434. The topological polar surface area (TPSA) is 280 Å². The number of unbranched alkanes of at least 4 members (excludes halogenated alkanes) is 6. The number of urea groups is 2. The number of carbonyl (C=O) groups is 2. The Labute approximate surface area is 287 Å². The molecule has 10 N–H and O–H groups in total. The number of nitrogens with zero attached hydrogens (tertiary/aromatic N) is 4. The van der Waals surface area contributed by atoms with Gasteiger partial charge >= 0.3 is 12.1 Å². The molecule has 20 heteroatoms. The molecule has 48 heavy (non-hydrogen) atoms. The van der Waals surface area contributed by atoms with E-state index in [9.17, 15) is 26.4 Å². The fraction of sp³-hybridized carbons (Fsp3) is 0.857. The molecule has 0 spiro atoms. The van der Waals surface area contributed by atoms with Gasteiger partial charge in [0.15, 0.2) is 11.9 Å². The molecule has 1 saturated heterocycles. The monoisotopic (exact) mass is 730 g/mol. The van der Waals surface area contributed by atoms with Crippen molar-refractivity contribution < 1.29 is 35.5 Å². The van der Waals surface area contributed by atoms with Crippen LogP contribution in [-0.2, 0) is 20.2 Å². The number of hydrogen-bond donors (Lipinski definition) is 8. The Kier molecular flexibility index (Phi) is 26.7. The van der Waals surface area contributed by atoms with E-state index in [1.165, 1.54) is 9.80 Å². The molecule has 1 aliphatic heterocycles. The lowest BCUT2D eigenvalue weighted by atomic mass is 10.2. The standard InChI is InChI=1S/C26H54N10O2.2CH4O3S/c1-3-5-7-9-13-31-25(37)35(23(27)28)17-11-15-33-19-21-34(22-20-33)16-12-18-36(24(29)30)26(38)32-14-10-8-6-4-2;2*1-5(2,3)4/h3-22H2,1-2H3,(H3,27,28)(H3,29,30)(H,31,37)(H,32,38);2*1H3,(H,2,3,4). The van der Waals surface area contributed by atoms with Crippen LogP contribution in [0.15, 0.2) is 0 Å². The summed E-state index contributed by atoms with van der Waals surface area (Å²) in [6.07, 6.45) is 11.6. The number of amides is 4. The third-order valence-electron chi connectivity index (χ3n) is 6.86. The van der Waals surface area contributed by atoms with Crippen LogP contribution in [0.2, 0.25) is 0 Å². The van der Waals surface area contributed by atoms with Crippen molar-refractivity contribution in [2.24, 2.45) is 11.5 Å². The Morgan fingerprint density at radius 3 is 1.19 bits per heavy atom. The molecule has 1 heterocycles. The molecular formula is C28H62N10O8S2. The minimum Gasteiger partial charge on any atom is -0.370 e. The molecule has 0 aromatic heterocycles. The Morgan fingerprint density at radius 1 is 0.646 bits per heavy atom. The Morgan fingerprint density at radius 2 is 0.938 bits per heavy atom. The van der Waals surface area contributed by atoms with E-state index in [0.29, 0.717) is 38.7 Å². The van der Waals surface area contributed by atoms with Gasteiger partial charge in [-0.15, -0.1) is 0 Å². The van der Waals surface area contributed by atoms with Crippen molar-refractivity contribution in [1.82, 2.24) is 30.2 Å². The minimum atomic E-state index is -3.67. The van der Waals surface area contributed by atoms with E-state index in [-0.39, 0.29) is 24.0 Å². The maximum Gasteiger partial charge on any atom is 0.324 e. The highest BCUT2D eigenvalue weighted by atomic mass is 32.2. The summed E-state index contributed by atoms with van der Waals surface area (Å²) in [6, 6.07) is -0.577. The first kappa shape index (κ1) is 47.3. The smallest absolute Gasteiger partial charge is 0.324 e. The number of hydrogen-bond acceptors (Lipinski definition) is 10. The Bertz CT molecular complexity index is 1030. The predicted octanol–water partition coefficient (Wildman–Crippen LogP) is 1.36. The number of nitrogens with two attached hydrogens (primary N) is 2. The normalized spacial score (nSPS) is 13.6. The molecule has 284 valence electrons. The largest absolute Gasteiger partial charge is 0.370 e.